The Hall–Kier alpha value is -3.15. The van der Waals surface area contributed by atoms with Gasteiger partial charge >= 0.3 is 0 Å². The number of anilines is 1. The number of hydrogen-bond acceptors (Lipinski definition) is 3. The highest BCUT2D eigenvalue weighted by Gasteiger charge is 2.10. The molecule has 6 heteroatoms. The zero-order valence-corrected chi connectivity index (χ0v) is 11.9. The molecule has 0 spiro atoms. The molecule has 2 aromatic heterocycles. The summed E-state index contributed by atoms with van der Waals surface area (Å²) >= 11 is 0. The van der Waals surface area contributed by atoms with Gasteiger partial charge in [-0.3, -0.25) is 14.7 Å². The molecule has 0 fully saturated rings. The molecule has 1 aromatic carbocycles. The minimum atomic E-state index is -0.435. The van der Waals surface area contributed by atoms with Crippen LogP contribution in [0.2, 0.25) is 0 Å². The van der Waals surface area contributed by atoms with Crippen LogP contribution in [-0.4, -0.2) is 21.1 Å². The summed E-state index contributed by atoms with van der Waals surface area (Å²) in [6.45, 7) is 1.76. The van der Waals surface area contributed by atoms with Gasteiger partial charge in [0.1, 0.15) is 5.56 Å². The minimum absolute atomic E-state index is 0.0863. The standard InChI is InChI=1S/C16H14N4O2/c1-10-2-7-13(15(21)18-10)16(22)19-12-5-3-11(4-6-12)14-8-9-17-20-14/h2-9H,1H3,(H,17,20)(H,18,21)(H,19,22). The lowest BCUT2D eigenvalue weighted by Crippen LogP contribution is -2.23. The van der Waals surface area contributed by atoms with Crippen LogP contribution in [0.25, 0.3) is 11.3 Å². The Morgan fingerprint density at radius 3 is 2.50 bits per heavy atom. The third-order valence-electron chi connectivity index (χ3n) is 3.25. The van der Waals surface area contributed by atoms with E-state index in [1.165, 1.54) is 6.07 Å². The Morgan fingerprint density at radius 1 is 1.09 bits per heavy atom. The maximum absolute atomic E-state index is 12.1. The molecule has 110 valence electrons. The van der Waals surface area contributed by atoms with Crippen LogP contribution >= 0.6 is 0 Å². The first kappa shape index (κ1) is 13.8. The number of nitrogens with zero attached hydrogens (tertiary/aromatic N) is 1. The third-order valence-corrected chi connectivity index (χ3v) is 3.25. The number of carbonyl (C=O) groups is 1. The van der Waals surface area contributed by atoms with Crippen LogP contribution in [0, 0.1) is 6.92 Å². The molecule has 3 aromatic rings. The van der Waals surface area contributed by atoms with E-state index >= 15 is 0 Å². The van der Waals surface area contributed by atoms with Crippen LogP contribution in [-0.2, 0) is 0 Å². The largest absolute Gasteiger partial charge is 0.326 e. The molecular formula is C16H14N4O2. The van der Waals surface area contributed by atoms with Crippen molar-refractivity contribution < 1.29 is 4.79 Å². The van der Waals surface area contributed by atoms with Gasteiger partial charge in [0.05, 0.1) is 5.69 Å². The summed E-state index contributed by atoms with van der Waals surface area (Å²) in [5.74, 6) is -0.435. The zero-order chi connectivity index (χ0) is 15.5. The number of benzene rings is 1. The van der Waals surface area contributed by atoms with Gasteiger partial charge < -0.3 is 10.3 Å². The Kier molecular flexibility index (Phi) is 3.57. The van der Waals surface area contributed by atoms with Gasteiger partial charge in [-0.05, 0) is 42.8 Å². The molecule has 0 aliphatic rings. The fraction of sp³-hybridized carbons (Fsp3) is 0.0625. The van der Waals surface area contributed by atoms with Crippen molar-refractivity contribution in [2.24, 2.45) is 0 Å². The Bertz CT molecular complexity index is 849. The van der Waals surface area contributed by atoms with Crippen LogP contribution in [0.5, 0.6) is 0 Å². The van der Waals surface area contributed by atoms with Crippen LogP contribution in [0.4, 0.5) is 5.69 Å². The number of carbonyl (C=O) groups excluding carboxylic acids is 1. The third kappa shape index (κ3) is 2.80. The second-order valence-corrected chi connectivity index (χ2v) is 4.89. The van der Waals surface area contributed by atoms with Gasteiger partial charge in [0.2, 0.25) is 0 Å². The monoisotopic (exact) mass is 294 g/mol. The smallest absolute Gasteiger partial charge is 0.261 e. The number of aryl methyl sites for hydroxylation is 1. The van der Waals surface area contributed by atoms with Gasteiger partial charge in [0.15, 0.2) is 0 Å². The number of aromatic amines is 2. The highest BCUT2D eigenvalue weighted by Crippen LogP contribution is 2.19. The van der Waals surface area contributed by atoms with E-state index in [2.05, 4.69) is 20.5 Å². The lowest BCUT2D eigenvalue weighted by Gasteiger charge is -2.06. The van der Waals surface area contributed by atoms with Gasteiger partial charge in [0.25, 0.3) is 11.5 Å². The SMILES string of the molecule is Cc1ccc(C(=O)Nc2ccc(-c3ccn[nH]3)cc2)c(=O)[nH]1. The number of H-pyrrole nitrogens is 2. The molecule has 2 heterocycles. The molecule has 22 heavy (non-hydrogen) atoms. The molecule has 6 nitrogen and oxygen atoms in total. The Balaban J connectivity index is 1.78. The Labute approximate surface area is 126 Å². The predicted octanol–water partition coefficient (Wildman–Crippen LogP) is 2.33. The van der Waals surface area contributed by atoms with E-state index in [0.29, 0.717) is 11.4 Å². The van der Waals surface area contributed by atoms with E-state index < -0.39 is 11.5 Å². The predicted molar refractivity (Wildman–Crippen MR) is 83.8 cm³/mol. The summed E-state index contributed by atoms with van der Waals surface area (Å²) < 4.78 is 0. The second kappa shape index (κ2) is 5.69. The lowest BCUT2D eigenvalue weighted by atomic mass is 10.1. The second-order valence-electron chi connectivity index (χ2n) is 4.89. The van der Waals surface area contributed by atoms with E-state index in [4.69, 9.17) is 0 Å². The summed E-state index contributed by atoms with van der Waals surface area (Å²) in [4.78, 5) is 26.5. The fourth-order valence-electron chi connectivity index (χ4n) is 2.10. The molecule has 0 radical (unpaired) electrons. The van der Waals surface area contributed by atoms with Crippen molar-refractivity contribution in [1.29, 1.82) is 0 Å². The van der Waals surface area contributed by atoms with Crippen LogP contribution in [0.15, 0.2) is 53.5 Å². The van der Waals surface area contributed by atoms with E-state index in [0.717, 1.165) is 11.3 Å². The van der Waals surface area contributed by atoms with Gasteiger partial charge in [-0.25, -0.2) is 0 Å². The van der Waals surface area contributed by atoms with E-state index in [-0.39, 0.29) is 5.56 Å². The molecule has 0 aliphatic heterocycles. The number of aromatic nitrogens is 3. The fourth-order valence-corrected chi connectivity index (χ4v) is 2.10. The van der Waals surface area contributed by atoms with E-state index in [1.807, 2.05) is 18.2 Å². The molecule has 1 amide bonds. The molecule has 0 atom stereocenters. The van der Waals surface area contributed by atoms with Crippen molar-refractivity contribution in [3.05, 3.63) is 70.3 Å². The van der Waals surface area contributed by atoms with E-state index in [9.17, 15) is 9.59 Å². The van der Waals surface area contributed by atoms with Gasteiger partial charge in [-0.1, -0.05) is 12.1 Å². The van der Waals surface area contributed by atoms with Crippen molar-refractivity contribution in [3.63, 3.8) is 0 Å². The first-order valence-corrected chi connectivity index (χ1v) is 6.74. The first-order valence-electron chi connectivity index (χ1n) is 6.74. The van der Waals surface area contributed by atoms with Crippen molar-refractivity contribution in [2.75, 3.05) is 5.32 Å². The van der Waals surface area contributed by atoms with Crippen LogP contribution in [0.1, 0.15) is 16.1 Å². The molecule has 3 rings (SSSR count). The zero-order valence-electron chi connectivity index (χ0n) is 11.9. The maximum atomic E-state index is 12.1. The normalized spacial score (nSPS) is 10.4. The number of hydrogen-bond donors (Lipinski definition) is 3. The van der Waals surface area contributed by atoms with Crippen molar-refractivity contribution >= 4 is 11.6 Å². The summed E-state index contributed by atoms with van der Waals surface area (Å²) in [5, 5.41) is 9.47. The molecular weight excluding hydrogens is 280 g/mol. The quantitative estimate of drug-likeness (QED) is 0.692. The summed E-state index contributed by atoms with van der Waals surface area (Å²) in [7, 11) is 0. The molecule has 0 saturated carbocycles. The topological polar surface area (TPSA) is 90.6 Å². The minimum Gasteiger partial charge on any atom is -0.326 e. The molecule has 0 saturated heterocycles. The highest BCUT2D eigenvalue weighted by atomic mass is 16.2. The summed E-state index contributed by atoms with van der Waals surface area (Å²) in [6, 6.07) is 12.3. The molecule has 3 N–H and O–H groups in total. The number of rotatable bonds is 3. The van der Waals surface area contributed by atoms with Crippen LogP contribution in [0.3, 0.4) is 0 Å². The van der Waals surface area contributed by atoms with Crippen molar-refractivity contribution in [3.8, 4) is 11.3 Å². The van der Waals surface area contributed by atoms with Gasteiger partial charge in [0, 0.05) is 17.6 Å². The molecule has 0 bridgehead atoms. The van der Waals surface area contributed by atoms with Crippen molar-refractivity contribution in [2.45, 2.75) is 6.92 Å². The van der Waals surface area contributed by atoms with Crippen LogP contribution < -0.4 is 10.9 Å². The summed E-state index contributed by atoms with van der Waals surface area (Å²) in [5.41, 5.74) is 2.88. The molecule has 0 aliphatic carbocycles. The lowest BCUT2D eigenvalue weighted by molar-refractivity contribution is 0.102. The Morgan fingerprint density at radius 2 is 1.86 bits per heavy atom. The number of amides is 1. The van der Waals surface area contributed by atoms with E-state index in [1.54, 1.807) is 31.3 Å². The number of pyridine rings is 1. The highest BCUT2D eigenvalue weighted by molar-refractivity contribution is 6.04. The first-order chi connectivity index (χ1) is 10.6. The van der Waals surface area contributed by atoms with Gasteiger partial charge in [-0.15, -0.1) is 0 Å². The molecule has 0 unspecified atom stereocenters. The maximum Gasteiger partial charge on any atom is 0.261 e. The number of nitrogens with one attached hydrogen (secondary N) is 3. The average molecular weight is 294 g/mol. The summed E-state index contributed by atoms with van der Waals surface area (Å²) in [6.07, 6.45) is 1.68. The average Bonchev–Trinajstić information content (AvgIpc) is 3.02. The van der Waals surface area contributed by atoms with Crippen molar-refractivity contribution in [1.82, 2.24) is 15.2 Å². The van der Waals surface area contributed by atoms with Gasteiger partial charge in [-0.2, -0.15) is 5.10 Å².